The van der Waals surface area contributed by atoms with Crippen molar-refractivity contribution in [3.8, 4) is 17.0 Å². The van der Waals surface area contributed by atoms with Gasteiger partial charge in [0.2, 0.25) is 0 Å². The quantitative estimate of drug-likeness (QED) is 0.584. The lowest BCUT2D eigenvalue weighted by atomic mass is 10.1. The molecule has 27 heavy (non-hydrogen) atoms. The van der Waals surface area contributed by atoms with Gasteiger partial charge >= 0.3 is 0 Å². The Balaban J connectivity index is 1.74. The fraction of sp³-hybridized carbons (Fsp3) is 0.211. The third-order valence-corrected chi connectivity index (χ3v) is 4.22. The Kier molecular flexibility index (Phi) is 4.37. The summed E-state index contributed by atoms with van der Waals surface area (Å²) in [4.78, 5) is 8.79. The van der Waals surface area contributed by atoms with Gasteiger partial charge in [-0.15, -0.1) is 0 Å². The molecular formula is C19H19N7O. The van der Waals surface area contributed by atoms with E-state index < -0.39 is 0 Å². The van der Waals surface area contributed by atoms with E-state index in [2.05, 4.69) is 30.6 Å². The van der Waals surface area contributed by atoms with Crippen molar-refractivity contribution in [2.45, 2.75) is 13.5 Å². The lowest BCUT2D eigenvalue weighted by Crippen LogP contribution is -2.05. The van der Waals surface area contributed by atoms with Gasteiger partial charge in [0.1, 0.15) is 23.4 Å². The molecule has 0 amide bonds. The summed E-state index contributed by atoms with van der Waals surface area (Å²) in [5, 5.41) is 16.9. The van der Waals surface area contributed by atoms with E-state index in [0.717, 1.165) is 33.5 Å². The van der Waals surface area contributed by atoms with Gasteiger partial charge in [0, 0.05) is 24.2 Å². The Morgan fingerprint density at radius 2 is 2.00 bits per heavy atom. The predicted molar refractivity (Wildman–Crippen MR) is 102 cm³/mol. The van der Waals surface area contributed by atoms with E-state index in [-0.39, 0.29) is 0 Å². The highest BCUT2D eigenvalue weighted by Gasteiger charge is 2.13. The Morgan fingerprint density at radius 3 is 2.70 bits per heavy atom. The van der Waals surface area contributed by atoms with Gasteiger partial charge in [-0.2, -0.15) is 15.3 Å². The van der Waals surface area contributed by atoms with Crippen LogP contribution in [0.15, 0.2) is 42.9 Å². The topological polar surface area (TPSA) is 90.6 Å². The van der Waals surface area contributed by atoms with E-state index in [4.69, 9.17) is 4.74 Å². The van der Waals surface area contributed by atoms with Gasteiger partial charge in [-0.25, -0.2) is 9.97 Å². The number of hydrogen-bond acceptors (Lipinski definition) is 7. The van der Waals surface area contributed by atoms with Crippen molar-refractivity contribution in [2.75, 3.05) is 12.4 Å². The Hall–Kier alpha value is -3.55. The minimum absolute atomic E-state index is 0.509. The molecule has 0 unspecified atom stereocenters. The zero-order valence-corrected chi connectivity index (χ0v) is 15.3. The number of benzene rings is 1. The van der Waals surface area contributed by atoms with Crippen molar-refractivity contribution in [3.63, 3.8) is 0 Å². The SMILES string of the molecule is COc1cc(-c2ccn(C)n2)cc2c(NCc3ccc(C)nn3)ncnc12. The summed E-state index contributed by atoms with van der Waals surface area (Å²) in [5.41, 5.74) is 4.26. The molecule has 0 spiro atoms. The molecule has 0 saturated heterocycles. The van der Waals surface area contributed by atoms with E-state index in [1.165, 1.54) is 6.33 Å². The normalized spacial score (nSPS) is 10.9. The molecule has 0 aliphatic heterocycles. The van der Waals surface area contributed by atoms with Crippen LogP contribution in [0.4, 0.5) is 5.82 Å². The van der Waals surface area contributed by atoms with Gasteiger partial charge in [0.05, 0.1) is 30.7 Å². The summed E-state index contributed by atoms with van der Waals surface area (Å²) in [7, 11) is 3.52. The minimum atomic E-state index is 0.509. The molecule has 8 nitrogen and oxygen atoms in total. The maximum Gasteiger partial charge on any atom is 0.145 e. The molecular weight excluding hydrogens is 342 g/mol. The van der Waals surface area contributed by atoms with Crippen LogP contribution in [0.3, 0.4) is 0 Å². The van der Waals surface area contributed by atoms with Crippen LogP contribution in [0.2, 0.25) is 0 Å². The average molecular weight is 361 g/mol. The monoisotopic (exact) mass is 361 g/mol. The first-order chi connectivity index (χ1) is 13.1. The fourth-order valence-electron chi connectivity index (χ4n) is 2.84. The number of aryl methyl sites for hydroxylation is 2. The Bertz CT molecular complexity index is 1090. The number of rotatable bonds is 5. The average Bonchev–Trinajstić information content (AvgIpc) is 3.13. The highest BCUT2D eigenvalue weighted by Crippen LogP contribution is 2.33. The van der Waals surface area contributed by atoms with E-state index in [1.54, 1.807) is 11.8 Å². The molecule has 4 rings (SSSR count). The second-order valence-corrected chi connectivity index (χ2v) is 6.19. The van der Waals surface area contributed by atoms with Crippen LogP contribution in [0.25, 0.3) is 22.2 Å². The first kappa shape index (κ1) is 16.9. The summed E-state index contributed by atoms with van der Waals surface area (Å²) in [5.74, 6) is 1.38. The van der Waals surface area contributed by atoms with Crippen molar-refractivity contribution in [1.29, 1.82) is 0 Å². The summed E-state index contributed by atoms with van der Waals surface area (Å²) >= 11 is 0. The third-order valence-electron chi connectivity index (χ3n) is 4.22. The molecule has 0 aliphatic rings. The second-order valence-electron chi connectivity index (χ2n) is 6.19. The van der Waals surface area contributed by atoms with E-state index in [1.807, 2.05) is 50.5 Å². The van der Waals surface area contributed by atoms with Gasteiger partial charge in [-0.05, 0) is 37.3 Å². The number of nitrogens with zero attached hydrogens (tertiary/aromatic N) is 6. The molecule has 1 N–H and O–H groups in total. The van der Waals surface area contributed by atoms with E-state index in [9.17, 15) is 0 Å². The van der Waals surface area contributed by atoms with Gasteiger partial charge in [0.25, 0.3) is 0 Å². The van der Waals surface area contributed by atoms with Crippen LogP contribution in [0.5, 0.6) is 5.75 Å². The Morgan fingerprint density at radius 1 is 1.11 bits per heavy atom. The van der Waals surface area contributed by atoms with Crippen LogP contribution in [-0.2, 0) is 13.6 Å². The summed E-state index contributed by atoms with van der Waals surface area (Å²) in [6, 6.07) is 9.79. The number of fused-ring (bicyclic) bond motifs is 1. The van der Waals surface area contributed by atoms with Crippen molar-refractivity contribution < 1.29 is 4.74 Å². The maximum atomic E-state index is 5.55. The van der Waals surface area contributed by atoms with Crippen molar-refractivity contribution in [2.24, 2.45) is 7.05 Å². The van der Waals surface area contributed by atoms with Crippen LogP contribution < -0.4 is 10.1 Å². The molecule has 1 aromatic carbocycles. The molecule has 0 radical (unpaired) electrons. The number of nitrogens with one attached hydrogen (secondary N) is 1. The number of aromatic nitrogens is 6. The van der Waals surface area contributed by atoms with Crippen LogP contribution in [0.1, 0.15) is 11.4 Å². The molecule has 4 aromatic rings. The van der Waals surface area contributed by atoms with Crippen molar-refractivity contribution in [1.82, 2.24) is 29.9 Å². The molecule has 0 saturated carbocycles. The zero-order valence-electron chi connectivity index (χ0n) is 15.3. The van der Waals surface area contributed by atoms with Crippen LogP contribution >= 0.6 is 0 Å². The van der Waals surface area contributed by atoms with Gasteiger partial charge in [0.15, 0.2) is 0 Å². The number of hydrogen-bond donors (Lipinski definition) is 1. The molecule has 0 aliphatic carbocycles. The largest absolute Gasteiger partial charge is 0.494 e. The van der Waals surface area contributed by atoms with Gasteiger partial charge in [-0.3, -0.25) is 4.68 Å². The fourth-order valence-corrected chi connectivity index (χ4v) is 2.84. The standard InChI is InChI=1S/C19H19N7O/c1-12-4-5-14(24-23-12)10-20-19-15-8-13(16-6-7-26(2)25-16)9-17(27-3)18(15)21-11-22-19/h4-9,11H,10H2,1-3H3,(H,20,21,22). The maximum absolute atomic E-state index is 5.55. The molecule has 136 valence electrons. The van der Waals surface area contributed by atoms with E-state index in [0.29, 0.717) is 18.1 Å². The Labute approximate surface area is 156 Å². The molecule has 0 atom stereocenters. The summed E-state index contributed by atoms with van der Waals surface area (Å²) in [6.45, 7) is 2.42. The lowest BCUT2D eigenvalue weighted by Gasteiger charge is -2.11. The second kappa shape index (κ2) is 6.99. The smallest absolute Gasteiger partial charge is 0.145 e. The molecule has 8 heteroatoms. The molecule has 3 aromatic heterocycles. The molecule has 3 heterocycles. The first-order valence-corrected chi connectivity index (χ1v) is 8.50. The van der Waals surface area contributed by atoms with Crippen LogP contribution in [0, 0.1) is 6.92 Å². The van der Waals surface area contributed by atoms with E-state index >= 15 is 0 Å². The van der Waals surface area contributed by atoms with Gasteiger partial charge in [-0.1, -0.05) is 0 Å². The first-order valence-electron chi connectivity index (χ1n) is 8.50. The summed E-state index contributed by atoms with van der Waals surface area (Å²) < 4.78 is 7.32. The molecule has 0 bridgehead atoms. The lowest BCUT2D eigenvalue weighted by molar-refractivity contribution is 0.419. The number of ether oxygens (including phenoxy) is 1. The zero-order chi connectivity index (χ0) is 18.8. The minimum Gasteiger partial charge on any atom is -0.494 e. The third kappa shape index (κ3) is 3.41. The van der Waals surface area contributed by atoms with Gasteiger partial charge < -0.3 is 10.1 Å². The van der Waals surface area contributed by atoms with Crippen molar-refractivity contribution >= 4 is 16.7 Å². The van der Waals surface area contributed by atoms with Crippen LogP contribution in [-0.4, -0.2) is 37.1 Å². The van der Waals surface area contributed by atoms with Crippen molar-refractivity contribution in [3.05, 3.63) is 54.2 Å². The number of methoxy groups -OCH3 is 1. The predicted octanol–water partition coefficient (Wildman–Crippen LogP) is 2.75. The summed E-state index contributed by atoms with van der Waals surface area (Å²) in [6.07, 6.45) is 3.43. The molecule has 0 fully saturated rings. The highest BCUT2D eigenvalue weighted by molar-refractivity contribution is 5.96. The number of anilines is 1. The highest BCUT2D eigenvalue weighted by atomic mass is 16.5.